The molecule has 2 N–H and O–H groups in total. The van der Waals surface area contributed by atoms with Gasteiger partial charge in [0.2, 0.25) is 10.0 Å². The van der Waals surface area contributed by atoms with Crippen molar-refractivity contribution in [2.75, 3.05) is 18.4 Å². The summed E-state index contributed by atoms with van der Waals surface area (Å²) in [6, 6.07) is 18.9. The van der Waals surface area contributed by atoms with Crippen LogP contribution in [0.15, 0.2) is 71.6 Å². The Hall–Kier alpha value is -2.97. The van der Waals surface area contributed by atoms with E-state index in [2.05, 4.69) is 10.0 Å². The molecular weight excluding hydrogens is 366 g/mol. The predicted molar refractivity (Wildman–Crippen MR) is 105 cm³/mol. The highest BCUT2D eigenvalue weighted by molar-refractivity contribution is 7.89. The number of nitro benzene ring substituents is 1. The van der Waals surface area contributed by atoms with E-state index in [-0.39, 0.29) is 17.1 Å². The molecule has 0 radical (unpaired) electrons. The zero-order valence-electron chi connectivity index (χ0n) is 14.5. The van der Waals surface area contributed by atoms with Crippen LogP contribution in [0.2, 0.25) is 0 Å². The van der Waals surface area contributed by atoms with Gasteiger partial charge >= 0.3 is 0 Å². The monoisotopic (exact) mass is 385 g/mol. The van der Waals surface area contributed by atoms with Crippen LogP contribution < -0.4 is 10.0 Å². The van der Waals surface area contributed by atoms with Crippen LogP contribution in [0.3, 0.4) is 0 Å². The van der Waals surface area contributed by atoms with Crippen molar-refractivity contribution in [1.82, 2.24) is 4.72 Å². The highest BCUT2D eigenvalue weighted by atomic mass is 32.2. The molecule has 140 valence electrons. The Labute approximate surface area is 157 Å². The first-order chi connectivity index (χ1) is 13.0. The number of fused-ring (bicyclic) bond motifs is 1. The molecule has 0 fully saturated rings. The first-order valence-electron chi connectivity index (χ1n) is 8.43. The molecule has 0 bridgehead atoms. The van der Waals surface area contributed by atoms with Gasteiger partial charge in [-0.3, -0.25) is 10.1 Å². The molecule has 0 heterocycles. The number of hydrogen-bond donors (Lipinski definition) is 2. The lowest BCUT2D eigenvalue weighted by atomic mass is 10.1. The van der Waals surface area contributed by atoms with E-state index in [1.807, 2.05) is 24.3 Å². The van der Waals surface area contributed by atoms with Gasteiger partial charge in [0.1, 0.15) is 5.69 Å². The molecule has 8 heteroatoms. The molecule has 27 heavy (non-hydrogen) atoms. The summed E-state index contributed by atoms with van der Waals surface area (Å²) in [5, 5.41) is 15.8. The van der Waals surface area contributed by atoms with E-state index >= 15 is 0 Å². The van der Waals surface area contributed by atoms with Gasteiger partial charge in [0.15, 0.2) is 0 Å². The second-order valence-corrected chi connectivity index (χ2v) is 7.73. The fourth-order valence-electron chi connectivity index (χ4n) is 2.72. The van der Waals surface area contributed by atoms with Gasteiger partial charge in [0.05, 0.1) is 9.82 Å². The van der Waals surface area contributed by atoms with E-state index < -0.39 is 14.9 Å². The maximum absolute atomic E-state index is 12.4. The first kappa shape index (κ1) is 18.8. The third-order valence-electron chi connectivity index (χ3n) is 4.09. The second-order valence-electron chi connectivity index (χ2n) is 5.96. The SMILES string of the molecule is O=[N+]([O-])c1ccccc1NCCCNS(=O)(=O)c1ccc2ccccc2c1. The first-order valence-corrected chi connectivity index (χ1v) is 9.91. The molecule has 0 aliphatic carbocycles. The van der Waals surface area contributed by atoms with Crippen molar-refractivity contribution in [2.24, 2.45) is 0 Å². The second kappa shape index (κ2) is 8.15. The fourth-order valence-corrected chi connectivity index (χ4v) is 3.83. The Morgan fingerprint density at radius 1 is 0.889 bits per heavy atom. The van der Waals surface area contributed by atoms with E-state index in [1.165, 1.54) is 6.07 Å². The van der Waals surface area contributed by atoms with Crippen LogP contribution in [0, 0.1) is 10.1 Å². The standard InChI is InChI=1S/C19H19N3O4S/c23-22(24)19-9-4-3-8-18(19)20-12-5-13-21-27(25,26)17-11-10-15-6-1-2-7-16(15)14-17/h1-4,6-11,14,20-21H,5,12-13H2. The summed E-state index contributed by atoms with van der Waals surface area (Å²) >= 11 is 0. The van der Waals surface area contributed by atoms with E-state index in [0.717, 1.165) is 10.8 Å². The van der Waals surface area contributed by atoms with Crippen molar-refractivity contribution < 1.29 is 13.3 Å². The third kappa shape index (κ3) is 4.60. The zero-order valence-corrected chi connectivity index (χ0v) is 15.3. The lowest BCUT2D eigenvalue weighted by Gasteiger charge is -2.09. The molecule has 0 spiro atoms. The maximum atomic E-state index is 12.4. The van der Waals surface area contributed by atoms with Crippen LogP contribution in [0.4, 0.5) is 11.4 Å². The molecule has 3 rings (SSSR count). The lowest BCUT2D eigenvalue weighted by molar-refractivity contribution is -0.384. The van der Waals surface area contributed by atoms with Crippen LogP contribution in [-0.4, -0.2) is 26.4 Å². The predicted octanol–water partition coefficient (Wildman–Crippen LogP) is 3.53. The van der Waals surface area contributed by atoms with E-state index in [9.17, 15) is 18.5 Å². The van der Waals surface area contributed by atoms with Gasteiger partial charge in [0, 0.05) is 19.2 Å². The van der Waals surface area contributed by atoms with Crippen LogP contribution in [0.25, 0.3) is 10.8 Å². The Balaban J connectivity index is 1.56. The highest BCUT2D eigenvalue weighted by Gasteiger charge is 2.14. The van der Waals surface area contributed by atoms with Gasteiger partial charge in [-0.05, 0) is 35.4 Å². The Kier molecular flexibility index (Phi) is 5.68. The van der Waals surface area contributed by atoms with Gasteiger partial charge in [-0.2, -0.15) is 0 Å². The Bertz CT molecular complexity index is 1070. The van der Waals surface area contributed by atoms with Crippen molar-refractivity contribution in [3.8, 4) is 0 Å². The van der Waals surface area contributed by atoms with Crippen LogP contribution in [0.1, 0.15) is 6.42 Å². The van der Waals surface area contributed by atoms with E-state index in [1.54, 1.807) is 36.4 Å². The van der Waals surface area contributed by atoms with Gasteiger partial charge in [-0.25, -0.2) is 13.1 Å². The van der Waals surface area contributed by atoms with Crippen LogP contribution in [-0.2, 0) is 10.0 Å². The fraction of sp³-hybridized carbons (Fsp3) is 0.158. The van der Waals surface area contributed by atoms with Crippen LogP contribution >= 0.6 is 0 Å². The molecule has 0 aliphatic rings. The van der Waals surface area contributed by atoms with Crippen molar-refractivity contribution in [1.29, 1.82) is 0 Å². The van der Waals surface area contributed by atoms with Crippen molar-refractivity contribution in [3.63, 3.8) is 0 Å². The molecule has 0 saturated carbocycles. The molecule has 0 amide bonds. The highest BCUT2D eigenvalue weighted by Crippen LogP contribution is 2.23. The molecule has 7 nitrogen and oxygen atoms in total. The number of nitrogens with zero attached hydrogens (tertiary/aromatic N) is 1. The Morgan fingerprint density at radius 3 is 2.37 bits per heavy atom. The van der Waals surface area contributed by atoms with Gasteiger partial charge in [-0.15, -0.1) is 0 Å². The van der Waals surface area contributed by atoms with Gasteiger partial charge < -0.3 is 5.32 Å². The largest absolute Gasteiger partial charge is 0.379 e. The van der Waals surface area contributed by atoms with Crippen molar-refractivity contribution >= 4 is 32.2 Å². The summed E-state index contributed by atoms with van der Waals surface area (Å²) in [4.78, 5) is 10.7. The number of benzene rings is 3. The molecule has 0 aromatic heterocycles. The molecule has 0 atom stereocenters. The summed E-state index contributed by atoms with van der Waals surface area (Å²) in [6.07, 6.45) is 0.485. The van der Waals surface area contributed by atoms with Gasteiger partial charge in [-0.1, -0.05) is 42.5 Å². The molecule has 0 unspecified atom stereocenters. The maximum Gasteiger partial charge on any atom is 0.292 e. The van der Waals surface area contributed by atoms with E-state index in [0.29, 0.717) is 18.7 Å². The van der Waals surface area contributed by atoms with Crippen molar-refractivity contribution in [3.05, 3.63) is 76.8 Å². The molecular formula is C19H19N3O4S. The number of anilines is 1. The normalized spacial score (nSPS) is 11.4. The number of hydrogen-bond acceptors (Lipinski definition) is 5. The number of sulfonamides is 1. The molecule has 0 aliphatic heterocycles. The minimum absolute atomic E-state index is 0.00533. The summed E-state index contributed by atoms with van der Waals surface area (Å²) in [5.74, 6) is 0. The number of para-hydroxylation sites is 2. The summed E-state index contributed by atoms with van der Waals surface area (Å²) in [6.45, 7) is 0.633. The number of nitro groups is 1. The minimum Gasteiger partial charge on any atom is -0.379 e. The van der Waals surface area contributed by atoms with Crippen molar-refractivity contribution in [2.45, 2.75) is 11.3 Å². The van der Waals surface area contributed by atoms with Gasteiger partial charge in [0.25, 0.3) is 5.69 Å². The quantitative estimate of drug-likeness (QED) is 0.351. The average Bonchev–Trinajstić information content (AvgIpc) is 2.67. The average molecular weight is 385 g/mol. The molecule has 3 aromatic rings. The number of rotatable bonds is 8. The Morgan fingerprint density at radius 2 is 1.59 bits per heavy atom. The topological polar surface area (TPSA) is 101 Å². The van der Waals surface area contributed by atoms with E-state index in [4.69, 9.17) is 0 Å². The lowest BCUT2D eigenvalue weighted by Crippen LogP contribution is -2.26. The minimum atomic E-state index is -3.60. The third-order valence-corrected chi connectivity index (χ3v) is 5.55. The molecule has 3 aromatic carbocycles. The number of nitrogens with one attached hydrogen (secondary N) is 2. The summed E-state index contributed by atoms with van der Waals surface area (Å²) < 4.78 is 27.4. The molecule has 0 saturated heterocycles. The van der Waals surface area contributed by atoms with Crippen LogP contribution in [0.5, 0.6) is 0 Å². The zero-order chi connectivity index (χ0) is 19.3. The summed E-state index contributed by atoms with van der Waals surface area (Å²) in [5.41, 5.74) is 0.411. The smallest absolute Gasteiger partial charge is 0.292 e. The summed E-state index contributed by atoms with van der Waals surface area (Å²) in [7, 11) is -3.60.